The zero-order valence-electron chi connectivity index (χ0n) is 15.8. The van der Waals surface area contributed by atoms with Gasteiger partial charge in [0.05, 0.1) is 6.33 Å². The Kier molecular flexibility index (Phi) is 7.95. The van der Waals surface area contributed by atoms with Crippen LogP contribution in [0.25, 0.3) is 11.2 Å². The Labute approximate surface area is 150 Å². The van der Waals surface area contributed by atoms with Gasteiger partial charge in [-0.3, -0.25) is 9.78 Å². The predicted molar refractivity (Wildman–Crippen MR) is 104 cm³/mol. The van der Waals surface area contributed by atoms with E-state index in [1.807, 2.05) is 0 Å². The van der Waals surface area contributed by atoms with E-state index < -0.39 is 0 Å². The van der Waals surface area contributed by atoms with Crippen molar-refractivity contribution in [1.82, 2.24) is 19.5 Å². The van der Waals surface area contributed by atoms with Crippen LogP contribution in [0.5, 0.6) is 0 Å². The number of nitrogens with two attached hydrogens (primary N) is 1. The number of hydrogen-bond donors (Lipinski definition) is 2. The summed E-state index contributed by atoms with van der Waals surface area (Å²) in [6.45, 7) is 4.47. The molecule has 2 aromatic heterocycles. The van der Waals surface area contributed by atoms with Crippen molar-refractivity contribution in [3.8, 4) is 0 Å². The SMILES string of the molecule is CCCCCCCC(CCCCCC)n1cnc2c(=O)[nH]c(N)nc21. The predicted octanol–water partition coefficient (Wildman–Crippen LogP) is 4.57. The average molecular weight is 348 g/mol. The molecular weight excluding hydrogens is 314 g/mol. The smallest absolute Gasteiger partial charge is 0.280 e. The number of rotatable bonds is 12. The fraction of sp³-hybridized carbons (Fsp3) is 0.737. The molecule has 0 spiro atoms. The summed E-state index contributed by atoms with van der Waals surface area (Å²) in [5.41, 5.74) is 6.49. The molecule has 0 bridgehead atoms. The fourth-order valence-electron chi connectivity index (χ4n) is 3.42. The topological polar surface area (TPSA) is 89.6 Å². The van der Waals surface area contributed by atoms with E-state index in [0.717, 1.165) is 12.8 Å². The van der Waals surface area contributed by atoms with Crippen LogP contribution in [0, 0.1) is 0 Å². The Balaban J connectivity index is 2.11. The van der Waals surface area contributed by atoms with Crippen molar-refractivity contribution >= 4 is 17.1 Å². The molecule has 6 heteroatoms. The number of hydrogen-bond acceptors (Lipinski definition) is 4. The third-order valence-corrected chi connectivity index (χ3v) is 4.88. The van der Waals surface area contributed by atoms with Gasteiger partial charge in [0.1, 0.15) is 0 Å². The summed E-state index contributed by atoms with van der Waals surface area (Å²) in [6.07, 6.45) is 15.3. The van der Waals surface area contributed by atoms with Crippen molar-refractivity contribution < 1.29 is 0 Å². The van der Waals surface area contributed by atoms with E-state index in [0.29, 0.717) is 17.2 Å². The van der Waals surface area contributed by atoms with Crippen LogP contribution in [0.4, 0.5) is 5.95 Å². The molecule has 2 rings (SSSR count). The van der Waals surface area contributed by atoms with Gasteiger partial charge < -0.3 is 10.3 Å². The summed E-state index contributed by atoms with van der Waals surface area (Å²) in [4.78, 5) is 23.2. The maximum atomic E-state index is 12.0. The van der Waals surface area contributed by atoms with Gasteiger partial charge in [0.25, 0.3) is 5.56 Å². The number of H-pyrrole nitrogens is 1. The minimum atomic E-state index is -0.256. The van der Waals surface area contributed by atoms with E-state index in [2.05, 4.69) is 33.4 Å². The van der Waals surface area contributed by atoms with Gasteiger partial charge in [0, 0.05) is 6.04 Å². The number of unbranched alkanes of at least 4 members (excludes halogenated alkanes) is 7. The minimum Gasteiger partial charge on any atom is -0.369 e. The summed E-state index contributed by atoms with van der Waals surface area (Å²) in [5, 5.41) is 0. The normalized spacial score (nSPS) is 12.7. The number of aromatic amines is 1. The maximum Gasteiger partial charge on any atom is 0.280 e. The van der Waals surface area contributed by atoms with Gasteiger partial charge in [-0.15, -0.1) is 0 Å². The summed E-state index contributed by atoms with van der Waals surface area (Å²) < 4.78 is 2.08. The molecule has 0 saturated carbocycles. The van der Waals surface area contributed by atoms with Crippen molar-refractivity contribution in [3.05, 3.63) is 16.7 Å². The lowest BCUT2D eigenvalue weighted by atomic mass is 10.0. The zero-order valence-corrected chi connectivity index (χ0v) is 15.8. The third-order valence-electron chi connectivity index (χ3n) is 4.88. The van der Waals surface area contributed by atoms with Crippen LogP contribution in [0.2, 0.25) is 0 Å². The second-order valence-corrected chi connectivity index (χ2v) is 6.98. The molecule has 0 aliphatic carbocycles. The van der Waals surface area contributed by atoms with Crippen molar-refractivity contribution in [1.29, 1.82) is 0 Å². The van der Waals surface area contributed by atoms with Crippen LogP contribution in [-0.4, -0.2) is 19.5 Å². The highest BCUT2D eigenvalue weighted by molar-refractivity contribution is 5.70. The van der Waals surface area contributed by atoms with E-state index in [9.17, 15) is 4.79 Å². The Bertz CT molecular complexity index is 691. The molecular formula is C19H33N5O. The Hall–Kier alpha value is -1.85. The zero-order chi connectivity index (χ0) is 18.1. The number of fused-ring (bicyclic) bond motifs is 1. The van der Waals surface area contributed by atoms with E-state index in [1.165, 1.54) is 57.8 Å². The highest BCUT2D eigenvalue weighted by Crippen LogP contribution is 2.26. The molecule has 2 heterocycles. The molecule has 25 heavy (non-hydrogen) atoms. The molecule has 0 fully saturated rings. The molecule has 0 radical (unpaired) electrons. The Morgan fingerprint density at radius 3 is 2.28 bits per heavy atom. The van der Waals surface area contributed by atoms with Crippen LogP contribution < -0.4 is 11.3 Å². The number of nitrogens with one attached hydrogen (secondary N) is 1. The van der Waals surface area contributed by atoms with Crippen LogP contribution in [0.3, 0.4) is 0 Å². The Morgan fingerprint density at radius 1 is 1.04 bits per heavy atom. The first kappa shape index (κ1) is 19.5. The van der Waals surface area contributed by atoms with Gasteiger partial charge in [-0.25, -0.2) is 4.98 Å². The molecule has 0 amide bonds. The second-order valence-electron chi connectivity index (χ2n) is 6.98. The summed E-state index contributed by atoms with van der Waals surface area (Å²) in [5.74, 6) is 0.159. The summed E-state index contributed by atoms with van der Waals surface area (Å²) >= 11 is 0. The number of anilines is 1. The first-order valence-electron chi connectivity index (χ1n) is 9.89. The fourth-order valence-corrected chi connectivity index (χ4v) is 3.42. The first-order chi connectivity index (χ1) is 12.2. The first-order valence-corrected chi connectivity index (χ1v) is 9.89. The number of imidazole rings is 1. The van der Waals surface area contributed by atoms with Gasteiger partial charge in [-0.1, -0.05) is 71.6 Å². The standard InChI is InChI=1S/C19H33N5O/c1-3-5-7-9-11-13-15(12-10-8-6-4-2)24-14-21-16-17(24)22-19(20)23-18(16)25/h14-15H,3-13H2,1-2H3,(H3,20,22,23,25). The lowest BCUT2D eigenvalue weighted by molar-refractivity contribution is 0.401. The highest BCUT2D eigenvalue weighted by Gasteiger charge is 2.17. The quantitative estimate of drug-likeness (QED) is 0.550. The van der Waals surface area contributed by atoms with Gasteiger partial charge in [0.15, 0.2) is 11.2 Å². The molecule has 6 nitrogen and oxygen atoms in total. The van der Waals surface area contributed by atoms with Crippen molar-refractivity contribution in [3.63, 3.8) is 0 Å². The molecule has 0 aliphatic heterocycles. The van der Waals surface area contributed by atoms with Gasteiger partial charge >= 0.3 is 0 Å². The van der Waals surface area contributed by atoms with Crippen LogP contribution in [0.1, 0.15) is 90.5 Å². The average Bonchev–Trinajstić information content (AvgIpc) is 3.00. The number of nitrogens with zero attached hydrogens (tertiary/aromatic N) is 3. The van der Waals surface area contributed by atoms with Crippen molar-refractivity contribution in [2.75, 3.05) is 5.73 Å². The molecule has 0 saturated heterocycles. The lowest BCUT2D eigenvalue weighted by Gasteiger charge is -2.19. The largest absolute Gasteiger partial charge is 0.369 e. The lowest BCUT2D eigenvalue weighted by Crippen LogP contribution is -2.14. The van der Waals surface area contributed by atoms with Gasteiger partial charge in [-0.05, 0) is 12.8 Å². The van der Waals surface area contributed by atoms with E-state index >= 15 is 0 Å². The molecule has 2 aromatic rings. The molecule has 0 aliphatic rings. The second kappa shape index (κ2) is 10.2. The monoisotopic (exact) mass is 347 g/mol. The summed E-state index contributed by atoms with van der Waals surface area (Å²) in [6, 6.07) is 0.345. The van der Waals surface area contributed by atoms with E-state index in [-0.39, 0.29) is 11.5 Å². The number of nitrogen functional groups attached to an aromatic ring is 1. The molecule has 3 N–H and O–H groups in total. The maximum absolute atomic E-state index is 12.0. The van der Waals surface area contributed by atoms with Crippen LogP contribution >= 0.6 is 0 Å². The highest BCUT2D eigenvalue weighted by atomic mass is 16.1. The van der Waals surface area contributed by atoms with Crippen LogP contribution in [-0.2, 0) is 0 Å². The van der Waals surface area contributed by atoms with Gasteiger partial charge in [0.2, 0.25) is 5.95 Å². The van der Waals surface area contributed by atoms with E-state index in [4.69, 9.17) is 5.73 Å². The Morgan fingerprint density at radius 2 is 1.64 bits per heavy atom. The molecule has 140 valence electrons. The molecule has 1 atom stereocenters. The molecule has 1 unspecified atom stereocenters. The summed E-state index contributed by atoms with van der Waals surface area (Å²) in [7, 11) is 0. The van der Waals surface area contributed by atoms with Crippen LogP contribution in [0.15, 0.2) is 11.1 Å². The number of aromatic nitrogens is 4. The van der Waals surface area contributed by atoms with Crippen molar-refractivity contribution in [2.24, 2.45) is 0 Å². The molecule has 0 aromatic carbocycles. The minimum absolute atomic E-state index is 0.159. The van der Waals surface area contributed by atoms with Gasteiger partial charge in [-0.2, -0.15) is 4.98 Å². The third kappa shape index (κ3) is 5.58. The van der Waals surface area contributed by atoms with E-state index in [1.54, 1.807) is 6.33 Å². The van der Waals surface area contributed by atoms with Crippen molar-refractivity contribution in [2.45, 2.75) is 90.5 Å².